The number of hydrogen-bond acceptors (Lipinski definition) is 1. The Kier molecular flexibility index (Phi) is 1.93. The minimum Gasteiger partial charge on any atom is -0.388 e. The fraction of sp³-hybridized carbons (Fsp3) is 0.333. The molecule has 0 heterocycles. The Morgan fingerprint density at radius 1 is 1.50 bits per heavy atom. The van der Waals surface area contributed by atoms with Crippen LogP contribution in [-0.4, -0.2) is 5.11 Å². The summed E-state index contributed by atoms with van der Waals surface area (Å²) in [6, 6.07) is 2.86. The highest BCUT2D eigenvalue weighted by Crippen LogP contribution is 2.36. The summed E-state index contributed by atoms with van der Waals surface area (Å²) in [5.41, 5.74) is 1.78. The van der Waals surface area contributed by atoms with Crippen LogP contribution in [0.1, 0.15) is 23.7 Å². The summed E-state index contributed by atoms with van der Waals surface area (Å²) in [6.07, 6.45) is 1.06. The van der Waals surface area contributed by atoms with Crippen molar-refractivity contribution in [3.63, 3.8) is 0 Å². The molecule has 0 radical (unpaired) electrons. The van der Waals surface area contributed by atoms with Crippen molar-refractivity contribution >= 4 is 15.9 Å². The highest BCUT2D eigenvalue weighted by atomic mass is 79.9. The van der Waals surface area contributed by atoms with Gasteiger partial charge in [0.05, 0.1) is 6.10 Å². The zero-order valence-corrected chi connectivity index (χ0v) is 7.94. The lowest BCUT2D eigenvalue weighted by Crippen LogP contribution is -1.91. The zero-order valence-electron chi connectivity index (χ0n) is 6.35. The Balaban J connectivity index is 2.60. The normalized spacial score (nSPS) is 21.1. The number of aliphatic hydroxyl groups is 1. The van der Waals surface area contributed by atoms with Gasteiger partial charge in [0.25, 0.3) is 0 Å². The van der Waals surface area contributed by atoms with E-state index in [9.17, 15) is 9.50 Å². The van der Waals surface area contributed by atoms with Crippen LogP contribution in [0.3, 0.4) is 0 Å². The Bertz CT molecular complexity index is 325. The molecule has 0 aliphatic heterocycles. The van der Waals surface area contributed by atoms with Crippen molar-refractivity contribution in [2.45, 2.75) is 18.9 Å². The third kappa shape index (κ3) is 1.17. The lowest BCUT2D eigenvalue weighted by molar-refractivity contribution is 0.179. The number of rotatable bonds is 0. The molecule has 0 bridgehead atoms. The van der Waals surface area contributed by atoms with Gasteiger partial charge in [-0.2, -0.15) is 0 Å². The molecule has 2 rings (SSSR count). The van der Waals surface area contributed by atoms with Crippen molar-refractivity contribution in [1.29, 1.82) is 0 Å². The highest BCUT2D eigenvalue weighted by Gasteiger charge is 2.22. The van der Waals surface area contributed by atoms with Gasteiger partial charge in [-0.05, 0) is 36.1 Å². The standard InChI is InChI=1S/C9H8BrFO/c10-8-4-5(11)3-7-6(8)1-2-9(7)12/h3-4,9,12H,1-2H2/t9-/m0/s1. The Morgan fingerprint density at radius 2 is 2.25 bits per heavy atom. The fourth-order valence-electron chi connectivity index (χ4n) is 1.62. The number of halogens is 2. The lowest BCUT2D eigenvalue weighted by atomic mass is 10.1. The minimum absolute atomic E-state index is 0.290. The number of aliphatic hydroxyl groups excluding tert-OH is 1. The van der Waals surface area contributed by atoms with E-state index in [1.54, 1.807) is 0 Å². The van der Waals surface area contributed by atoms with Crippen LogP contribution in [0.15, 0.2) is 16.6 Å². The second-order valence-electron chi connectivity index (χ2n) is 3.01. The van der Waals surface area contributed by atoms with E-state index >= 15 is 0 Å². The van der Waals surface area contributed by atoms with Gasteiger partial charge in [-0.1, -0.05) is 15.9 Å². The van der Waals surface area contributed by atoms with E-state index < -0.39 is 6.10 Å². The van der Waals surface area contributed by atoms with Crippen molar-refractivity contribution in [1.82, 2.24) is 0 Å². The van der Waals surface area contributed by atoms with Crippen LogP contribution in [0, 0.1) is 5.82 Å². The van der Waals surface area contributed by atoms with Gasteiger partial charge in [-0.15, -0.1) is 0 Å². The first kappa shape index (κ1) is 8.20. The predicted octanol–water partition coefficient (Wildman–Crippen LogP) is 2.57. The van der Waals surface area contributed by atoms with Crippen molar-refractivity contribution in [2.75, 3.05) is 0 Å². The van der Waals surface area contributed by atoms with Gasteiger partial charge in [-0.25, -0.2) is 4.39 Å². The molecule has 1 aliphatic carbocycles. The summed E-state index contributed by atoms with van der Waals surface area (Å²) in [4.78, 5) is 0. The summed E-state index contributed by atoms with van der Waals surface area (Å²) in [5.74, 6) is -0.290. The number of fused-ring (bicyclic) bond motifs is 1. The van der Waals surface area contributed by atoms with Gasteiger partial charge in [0.15, 0.2) is 0 Å². The van der Waals surface area contributed by atoms with Crippen molar-refractivity contribution < 1.29 is 9.50 Å². The molecule has 12 heavy (non-hydrogen) atoms. The number of benzene rings is 1. The van der Waals surface area contributed by atoms with E-state index in [2.05, 4.69) is 15.9 Å². The molecule has 0 saturated heterocycles. The molecule has 1 atom stereocenters. The van der Waals surface area contributed by atoms with E-state index in [-0.39, 0.29) is 5.82 Å². The van der Waals surface area contributed by atoms with Crippen LogP contribution in [0.25, 0.3) is 0 Å². The van der Waals surface area contributed by atoms with Crippen LogP contribution in [-0.2, 0) is 6.42 Å². The molecule has 0 aromatic heterocycles. The Hall–Kier alpha value is -0.410. The van der Waals surface area contributed by atoms with E-state index in [0.717, 1.165) is 22.0 Å². The van der Waals surface area contributed by atoms with E-state index in [0.29, 0.717) is 6.42 Å². The third-order valence-electron chi connectivity index (χ3n) is 2.22. The molecule has 0 spiro atoms. The van der Waals surface area contributed by atoms with Gasteiger partial charge in [0, 0.05) is 4.47 Å². The maximum atomic E-state index is 12.9. The first-order chi connectivity index (χ1) is 5.68. The molecule has 1 N–H and O–H groups in total. The van der Waals surface area contributed by atoms with Gasteiger partial charge in [-0.3, -0.25) is 0 Å². The molecule has 1 aromatic carbocycles. The van der Waals surface area contributed by atoms with E-state index in [4.69, 9.17) is 0 Å². The predicted molar refractivity (Wildman–Crippen MR) is 47.4 cm³/mol. The monoisotopic (exact) mass is 230 g/mol. The van der Waals surface area contributed by atoms with Crippen LogP contribution in [0.5, 0.6) is 0 Å². The van der Waals surface area contributed by atoms with Crippen LogP contribution in [0.4, 0.5) is 4.39 Å². The van der Waals surface area contributed by atoms with Crippen LogP contribution in [0.2, 0.25) is 0 Å². The van der Waals surface area contributed by atoms with Gasteiger partial charge < -0.3 is 5.11 Å². The summed E-state index contributed by atoms with van der Waals surface area (Å²) in [7, 11) is 0. The second kappa shape index (κ2) is 2.82. The van der Waals surface area contributed by atoms with Crippen molar-refractivity contribution in [3.05, 3.63) is 33.5 Å². The first-order valence-electron chi connectivity index (χ1n) is 3.84. The molecule has 3 heteroatoms. The van der Waals surface area contributed by atoms with Gasteiger partial charge in [0.1, 0.15) is 5.82 Å². The van der Waals surface area contributed by atoms with Crippen LogP contribution < -0.4 is 0 Å². The average Bonchev–Trinajstić information content (AvgIpc) is 2.33. The molecule has 1 aromatic rings. The lowest BCUT2D eigenvalue weighted by Gasteiger charge is -2.04. The average molecular weight is 231 g/mol. The van der Waals surface area contributed by atoms with Gasteiger partial charge in [0.2, 0.25) is 0 Å². The summed E-state index contributed by atoms with van der Waals surface area (Å²) in [6.45, 7) is 0. The molecule has 0 fully saturated rings. The topological polar surface area (TPSA) is 20.2 Å². The van der Waals surface area contributed by atoms with Crippen molar-refractivity contribution in [2.24, 2.45) is 0 Å². The minimum atomic E-state index is -0.480. The second-order valence-corrected chi connectivity index (χ2v) is 3.86. The van der Waals surface area contributed by atoms with Gasteiger partial charge >= 0.3 is 0 Å². The van der Waals surface area contributed by atoms with Crippen molar-refractivity contribution in [3.8, 4) is 0 Å². The van der Waals surface area contributed by atoms with Crippen LogP contribution >= 0.6 is 15.9 Å². The Morgan fingerprint density at radius 3 is 3.00 bits per heavy atom. The maximum Gasteiger partial charge on any atom is 0.124 e. The third-order valence-corrected chi connectivity index (χ3v) is 2.93. The highest BCUT2D eigenvalue weighted by molar-refractivity contribution is 9.10. The molecule has 0 saturated carbocycles. The number of hydrogen-bond donors (Lipinski definition) is 1. The van der Waals surface area contributed by atoms with E-state index in [1.165, 1.54) is 12.1 Å². The Labute approximate surface area is 78.3 Å². The molecule has 0 amide bonds. The maximum absolute atomic E-state index is 12.9. The summed E-state index contributed by atoms with van der Waals surface area (Å²) >= 11 is 3.27. The summed E-state index contributed by atoms with van der Waals surface area (Å²) in [5, 5.41) is 9.44. The molecule has 1 nitrogen and oxygen atoms in total. The SMILES string of the molecule is O[C@H]1CCc2c(Br)cc(F)cc21. The van der Waals surface area contributed by atoms with E-state index in [1.807, 2.05) is 0 Å². The summed E-state index contributed by atoms with van der Waals surface area (Å²) < 4.78 is 13.6. The quantitative estimate of drug-likeness (QED) is 0.727. The molecule has 1 aliphatic rings. The molecular formula is C9H8BrFO. The smallest absolute Gasteiger partial charge is 0.124 e. The largest absolute Gasteiger partial charge is 0.388 e. The molecule has 0 unspecified atom stereocenters. The molecular weight excluding hydrogens is 223 g/mol. The zero-order chi connectivity index (χ0) is 8.72. The first-order valence-corrected chi connectivity index (χ1v) is 4.63. The molecule has 64 valence electrons. The fourth-order valence-corrected chi connectivity index (χ4v) is 2.27.